The quantitative estimate of drug-likeness (QED) is 0.843. The van der Waals surface area contributed by atoms with Crippen LogP contribution in [0.25, 0.3) is 10.4 Å². The van der Waals surface area contributed by atoms with E-state index < -0.39 is 6.43 Å². The molecule has 1 heterocycles. The Bertz CT molecular complexity index is 490. The summed E-state index contributed by atoms with van der Waals surface area (Å²) in [5, 5.41) is 9.40. The normalized spacial score (nSPS) is 11.0. The van der Waals surface area contributed by atoms with Crippen molar-refractivity contribution in [2.24, 2.45) is 0 Å². The van der Waals surface area contributed by atoms with Crippen molar-refractivity contribution in [2.45, 2.75) is 6.43 Å². The highest BCUT2D eigenvalue weighted by Crippen LogP contribution is 2.35. The first-order chi connectivity index (χ1) is 7.56. The predicted octanol–water partition coefficient (Wildman–Crippen LogP) is 4.82. The number of halogens is 3. The van der Waals surface area contributed by atoms with Gasteiger partial charge in [-0.3, -0.25) is 0 Å². The van der Waals surface area contributed by atoms with Crippen molar-refractivity contribution in [3.8, 4) is 16.2 Å². The molecular weight excluding hydrogens is 298 g/mol. The Kier molecular flexibility index (Phi) is 3.25. The highest BCUT2D eigenvalue weighted by molar-refractivity contribution is 9.10. The van der Waals surface area contributed by atoms with Gasteiger partial charge in [0.1, 0.15) is 5.75 Å². The summed E-state index contributed by atoms with van der Waals surface area (Å²) < 4.78 is 25.5. The van der Waals surface area contributed by atoms with E-state index in [0.29, 0.717) is 4.88 Å². The predicted molar refractivity (Wildman–Crippen MR) is 64.1 cm³/mol. The second kappa shape index (κ2) is 4.51. The molecular formula is C11H7BrF2OS. The zero-order chi connectivity index (χ0) is 11.7. The molecule has 0 atom stereocenters. The summed E-state index contributed by atoms with van der Waals surface area (Å²) in [7, 11) is 0. The summed E-state index contributed by atoms with van der Waals surface area (Å²) in [6.07, 6.45) is -2.44. The van der Waals surface area contributed by atoms with E-state index in [1.165, 1.54) is 6.07 Å². The van der Waals surface area contributed by atoms with E-state index in [1.54, 1.807) is 24.3 Å². The maximum absolute atomic E-state index is 12.4. The van der Waals surface area contributed by atoms with Gasteiger partial charge in [0.05, 0.1) is 4.88 Å². The Morgan fingerprint density at radius 3 is 2.50 bits per heavy atom. The van der Waals surface area contributed by atoms with Crippen LogP contribution in [0.2, 0.25) is 0 Å². The lowest BCUT2D eigenvalue weighted by atomic mass is 10.2. The van der Waals surface area contributed by atoms with Crippen LogP contribution < -0.4 is 0 Å². The second-order valence-electron chi connectivity index (χ2n) is 3.20. The highest BCUT2D eigenvalue weighted by atomic mass is 79.9. The Morgan fingerprint density at radius 1 is 1.19 bits per heavy atom. The zero-order valence-electron chi connectivity index (χ0n) is 7.95. The average Bonchev–Trinajstić information content (AvgIpc) is 2.64. The van der Waals surface area contributed by atoms with E-state index in [2.05, 4.69) is 15.9 Å². The summed E-state index contributed by atoms with van der Waals surface area (Å²) in [4.78, 5) is 0.751. The number of hydrogen-bond acceptors (Lipinski definition) is 2. The fraction of sp³-hybridized carbons (Fsp3) is 0.0909. The molecule has 0 aliphatic heterocycles. The largest absolute Gasteiger partial charge is 0.508 e. The first-order valence-electron chi connectivity index (χ1n) is 4.44. The van der Waals surface area contributed by atoms with Gasteiger partial charge in [-0.1, -0.05) is 15.9 Å². The Balaban J connectivity index is 2.42. The molecule has 0 bridgehead atoms. The van der Waals surface area contributed by atoms with E-state index in [4.69, 9.17) is 0 Å². The second-order valence-corrected chi connectivity index (χ2v) is 5.23. The third-order valence-corrected chi connectivity index (χ3v) is 3.61. The molecule has 0 spiro atoms. The summed E-state index contributed by atoms with van der Waals surface area (Å²) in [5.41, 5.74) is 0.726. The van der Waals surface area contributed by atoms with Crippen molar-refractivity contribution in [2.75, 3.05) is 0 Å². The minimum Gasteiger partial charge on any atom is -0.508 e. The maximum Gasteiger partial charge on any atom is 0.272 e. The summed E-state index contributed by atoms with van der Waals surface area (Å²) in [6, 6.07) is 7.91. The molecule has 0 unspecified atom stereocenters. The molecule has 1 N–H and O–H groups in total. The first kappa shape index (κ1) is 11.5. The lowest BCUT2D eigenvalue weighted by Crippen LogP contribution is -1.74. The molecule has 1 nitrogen and oxygen atoms in total. The van der Waals surface area contributed by atoms with Crippen molar-refractivity contribution in [1.82, 2.24) is 0 Å². The molecule has 0 saturated carbocycles. The van der Waals surface area contributed by atoms with Gasteiger partial charge in [-0.05, 0) is 35.9 Å². The molecule has 2 rings (SSSR count). The van der Waals surface area contributed by atoms with Gasteiger partial charge in [-0.15, -0.1) is 11.3 Å². The summed E-state index contributed by atoms with van der Waals surface area (Å²) in [5.74, 6) is 0.108. The van der Waals surface area contributed by atoms with Gasteiger partial charge in [0.2, 0.25) is 0 Å². The number of alkyl halides is 2. The minimum atomic E-state index is -2.44. The van der Waals surface area contributed by atoms with Crippen LogP contribution in [-0.2, 0) is 0 Å². The van der Waals surface area contributed by atoms with Crippen LogP contribution in [-0.4, -0.2) is 5.11 Å². The number of aromatic hydroxyl groups is 1. The van der Waals surface area contributed by atoms with Crippen LogP contribution in [0.1, 0.15) is 11.3 Å². The molecule has 2 aromatic rings. The van der Waals surface area contributed by atoms with Crippen LogP contribution in [0.5, 0.6) is 5.75 Å². The Morgan fingerprint density at radius 2 is 1.94 bits per heavy atom. The van der Waals surface area contributed by atoms with Crippen molar-refractivity contribution in [1.29, 1.82) is 0 Å². The smallest absolute Gasteiger partial charge is 0.272 e. The monoisotopic (exact) mass is 304 g/mol. The van der Waals surface area contributed by atoms with E-state index in [1.807, 2.05) is 0 Å². The number of thiophene rings is 1. The van der Waals surface area contributed by atoms with Gasteiger partial charge in [0, 0.05) is 9.35 Å². The van der Waals surface area contributed by atoms with Gasteiger partial charge in [-0.25, -0.2) is 8.78 Å². The summed E-state index contributed by atoms with van der Waals surface area (Å²) in [6.45, 7) is 0. The molecule has 0 saturated heterocycles. The van der Waals surface area contributed by atoms with Gasteiger partial charge < -0.3 is 5.11 Å². The molecule has 0 aliphatic rings. The van der Waals surface area contributed by atoms with Gasteiger partial charge in [0.15, 0.2) is 0 Å². The fourth-order valence-electron chi connectivity index (χ4n) is 1.34. The molecule has 1 aromatic carbocycles. The third-order valence-electron chi connectivity index (χ3n) is 2.01. The van der Waals surface area contributed by atoms with E-state index >= 15 is 0 Å². The van der Waals surface area contributed by atoms with Crippen LogP contribution in [0.3, 0.4) is 0 Å². The van der Waals surface area contributed by atoms with E-state index in [0.717, 1.165) is 21.4 Å². The number of hydrogen-bond donors (Lipinski definition) is 1. The summed E-state index contributed by atoms with van der Waals surface area (Å²) >= 11 is 4.27. The Hall–Kier alpha value is -0.940. The van der Waals surface area contributed by atoms with Gasteiger partial charge >= 0.3 is 0 Å². The lowest BCUT2D eigenvalue weighted by Gasteiger charge is -2.00. The molecule has 5 heteroatoms. The lowest BCUT2D eigenvalue weighted by molar-refractivity contribution is 0.155. The number of phenolic OH excluding ortho intramolecular Hbond substituents is 1. The molecule has 0 aliphatic carbocycles. The minimum absolute atomic E-state index is 0.0365. The van der Waals surface area contributed by atoms with Crippen LogP contribution in [0.4, 0.5) is 8.78 Å². The average molecular weight is 305 g/mol. The topological polar surface area (TPSA) is 20.2 Å². The van der Waals surface area contributed by atoms with Crippen molar-refractivity contribution in [3.63, 3.8) is 0 Å². The first-order valence-corrected chi connectivity index (χ1v) is 6.05. The van der Waals surface area contributed by atoms with E-state index in [9.17, 15) is 13.9 Å². The molecule has 84 valence electrons. The number of phenols is 1. The van der Waals surface area contributed by atoms with Gasteiger partial charge in [0.25, 0.3) is 6.43 Å². The van der Waals surface area contributed by atoms with Crippen LogP contribution in [0, 0.1) is 0 Å². The highest BCUT2D eigenvalue weighted by Gasteiger charge is 2.11. The van der Waals surface area contributed by atoms with E-state index in [-0.39, 0.29) is 10.6 Å². The SMILES string of the molecule is Oc1cc(Br)cc(-c2ccc(C(F)F)s2)c1. The standard InChI is InChI=1S/C11H7BrF2OS/c12-7-3-6(4-8(15)5-7)9-1-2-10(16-9)11(13)14/h1-5,11,15H. The maximum atomic E-state index is 12.4. The number of rotatable bonds is 2. The van der Waals surface area contributed by atoms with Crippen molar-refractivity contribution in [3.05, 3.63) is 39.7 Å². The van der Waals surface area contributed by atoms with Crippen molar-refractivity contribution < 1.29 is 13.9 Å². The molecule has 0 fully saturated rings. The Labute approximate surface area is 103 Å². The van der Waals surface area contributed by atoms with Crippen LogP contribution >= 0.6 is 27.3 Å². The van der Waals surface area contributed by atoms with Crippen molar-refractivity contribution >= 4 is 27.3 Å². The number of benzene rings is 1. The van der Waals surface area contributed by atoms with Gasteiger partial charge in [-0.2, -0.15) is 0 Å². The molecule has 1 aromatic heterocycles. The molecule has 16 heavy (non-hydrogen) atoms. The van der Waals surface area contributed by atoms with Crippen LogP contribution in [0.15, 0.2) is 34.8 Å². The fourth-order valence-corrected chi connectivity index (χ4v) is 2.67. The zero-order valence-corrected chi connectivity index (χ0v) is 10.4. The molecule has 0 amide bonds. The third kappa shape index (κ3) is 2.41. The molecule has 0 radical (unpaired) electrons.